The van der Waals surface area contributed by atoms with Gasteiger partial charge in [0.1, 0.15) is 5.75 Å². The summed E-state index contributed by atoms with van der Waals surface area (Å²) in [5, 5.41) is 2.77. The molecule has 2 rings (SSSR count). The molecule has 2 N–H and O–H groups in total. The molecule has 7 heteroatoms. The largest absolute Gasteiger partial charge is 0.491 e. The van der Waals surface area contributed by atoms with Crippen LogP contribution in [-0.2, 0) is 10.0 Å². The zero-order chi connectivity index (χ0) is 20.7. The molecule has 0 saturated heterocycles. The Morgan fingerprint density at radius 2 is 1.57 bits per heavy atom. The number of carbonyl (C=O) groups excluding carboxylic acids is 1. The lowest BCUT2D eigenvalue weighted by atomic mass is 10.2. The molecule has 2 unspecified atom stereocenters. The van der Waals surface area contributed by atoms with E-state index in [-0.39, 0.29) is 22.9 Å². The Kier molecular flexibility index (Phi) is 7.60. The summed E-state index contributed by atoms with van der Waals surface area (Å²) in [5.74, 6) is 0.442. The van der Waals surface area contributed by atoms with Crippen molar-refractivity contribution in [1.29, 1.82) is 0 Å². The van der Waals surface area contributed by atoms with E-state index in [0.29, 0.717) is 23.4 Å². The zero-order valence-electron chi connectivity index (χ0n) is 16.7. The fraction of sp³-hybridized carbons (Fsp3) is 0.381. The van der Waals surface area contributed by atoms with Gasteiger partial charge in [0.2, 0.25) is 10.0 Å². The molecule has 0 aliphatic heterocycles. The van der Waals surface area contributed by atoms with Gasteiger partial charge in [-0.05, 0) is 75.2 Å². The first-order valence-electron chi connectivity index (χ1n) is 9.45. The number of rotatable bonds is 9. The number of hydrogen-bond acceptors (Lipinski definition) is 4. The number of hydrogen-bond donors (Lipinski definition) is 2. The van der Waals surface area contributed by atoms with Gasteiger partial charge < -0.3 is 10.1 Å². The topological polar surface area (TPSA) is 84.5 Å². The van der Waals surface area contributed by atoms with Gasteiger partial charge in [0.25, 0.3) is 5.91 Å². The maximum Gasteiger partial charge on any atom is 0.255 e. The molecule has 1 amide bonds. The predicted molar refractivity (Wildman–Crippen MR) is 111 cm³/mol. The molecule has 0 fully saturated rings. The SMILES string of the molecule is CCC(C)NS(=O)(=O)c1ccc(NC(=O)c2ccc(OC(C)CC)cc2)cc1. The van der Waals surface area contributed by atoms with Gasteiger partial charge in [0, 0.05) is 17.3 Å². The molecule has 0 radical (unpaired) electrons. The number of sulfonamides is 1. The lowest BCUT2D eigenvalue weighted by molar-refractivity contribution is 0.102. The van der Waals surface area contributed by atoms with Crippen molar-refractivity contribution < 1.29 is 17.9 Å². The summed E-state index contributed by atoms with van der Waals surface area (Å²) in [6.07, 6.45) is 1.72. The third-order valence-corrected chi connectivity index (χ3v) is 6.03. The molecule has 2 aromatic rings. The minimum Gasteiger partial charge on any atom is -0.491 e. The summed E-state index contributed by atoms with van der Waals surface area (Å²) in [7, 11) is -3.56. The van der Waals surface area contributed by atoms with Crippen LogP contribution in [0.3, 0.4) is 0 Å². The van der Waals surface area contributed by atoms with E-state index in [2.05, 4.69) is 10.0 Å². The second kappa shape index (κ2) is 9.71. The first-order valence-corrected chi connectivity index (χ1v) is 10.9. The van der Waals surface area contributed by atoms with Crippen LogP contribution in [0.1, 0.15) is 50.9 Å². The summed E-state index contributed by atoms with van der Waals surface area (Å²) in [4.78, 5) is 12.6. The number of carbonyl (C=O) groups is 1. The smallest absolute Gasteiger partial charge is 0.255 e. The summed E-state index contributed by atoms with van der Waals surface area (Å²) in [6.45, 7) is 7.76. The number of amides is 1. The lowest BCUT2D eigenvalue weighted by Crippen LogP contribution is -2.31. The van der Waals surface area contributed by atoms with Gasteiger partial charge in [0.05, 0.1) is 11.0 Å². The van der Waals surface area contributed by atoms with E-state index in [1.54, 1.807) is 36.4 Å². The van der Waals surface area contributed by atoms with Crippen molar-refractivity contribution >= 4 is 21.6 Å². The van der Waals surface area contributed by atoms with E-state index in [1.807, 2.05) is 27.7 Å². The van der Waals surface area contributed by atoms with Crippen molar-refractivity contribution in [3.8, 4) is 5.75 Å². The van der Waals surface area contributed by atoms with Crippen molar-refractivity contribution in [2.24, 2.45) is 0 Å². The quantitative estimate of drug-likeness (QED) is 0.656. The second-order valence-corrected chi connectivity index (χ2v) is 8.48. The molecule has 6 nitrogen and oxygen atoms in total. The molecule has 0 spiro atoms. The average molecular weight is 405 g/mol. The molecule has 152 valence electrons. The molecule has 0 heterocycles. The maximum absolute atomic E-state index is 12.4. The van der Waals surface area contributed by atoms with Crippen molar-refractivity contribution in [1.82, 2.24) is 4.72 Å². The predicted octanol–water partition coefficient (Wildman–Crippen LogP) is 4.19. The third kappa shape index (κ3) is 6.07. The van der Waals surface area contributed by atoms with Crippen LogP contribution in [0, 0.1) is 0 Å². The van der Waals surface area contributed by atoms with Crippen LogP contribution in [-0.4, -0.2) is 26.5 Å². The molecule has 0 aromatic heterocycles. The maximum atomic E-state index is 12.4. The number of anilines is 1. The van der Waals surface area contributed by atoms with E-state index in [1.165, 1.54) is 12.1 Å². The monoisotopic (exact) mass is 404 g/mol. The van der Waals surface area contributed by atoms with Crippen molar-refractivity contribution in [3.63, 3.8) is 0 Å². The number of benzene rings is 2. The Morgan fingerprint density at radius 1 is 0.964 bits per heavy atom. The highest BCUT2D eigenvalue weighted by atomic mass is 32.2. The molecule has 2 atom stereocenters. The number of nitrogens with one attached hydrogen (secondary N) is 2. The third-order valence-electron chi connectivity index (χ3n) is 4.42. The van der Waals surface area contributed by atoms with Gasteiger partial charge >= 0.3 is 0 Å². The Hall–Kier alpha value is -2.38. The van der Waals surface area contributed by atoms with E-state index in [9.17, 15) is 13.2 Å². The highest BCUT2D eigenvalue weighted by molar-refractivity contribution is 7.89. The van der Waals surface area contributed by atoms with Crippen LogP contribution in [0.25, 0.3) is 0 Å². The molecular weight excluding hydrogens is 376 g/mol. The zero-order valence-corrected chi connectivity index (χ0v) is 17.5. The van der Waals surface area contributed by atoms with Crippen molar-refractivity contribution in [2.75, 3.05) is 5.32 Å². The van der Waals surface area contributed by atoms with E-state index >= 15 is 0 Å². The Bertz CT molecular complexity index is 878. The summed E-state index contributed by atoms with van der Waals surface area (Å²) in [6, 6.07) is 12.9. The van der Waals surface area contributed by atoms with Crippen molar-refractivity contribution in [3.05, 3.63) is 54.1 Å². The first kappa shape index (κ1) is 21.9. The Labute approximate surface area is 167 Å². The van der Waals surface area contributed by atoms with Gasteiger partial charge in [-0.15, -0.1) is 0 Å². The lowest BCUT2D eigenvalue weighted by Gasteiger charge is -2.13. The van der Waals surface area contributed by atoms with Crippen LogP contribution >= 0.6 is 0 Å². The minimum atomic E-state index is -3.56. The standard InChI is InChI=1S/C21H28N2O4S/c1-5-15(3)23-28(25,26)20-13-9-18(10-14-20)22-21(24)17-7-11-19(12-8-17)27-16(4)6-2/h7-16,23H,5-6H2,1-4H3,(H,22,24). The summed E-state index contributed by atoms with van der Waals surface area (Å²) in [5.41, 5.74) is 1.01. The van der Waals surface area contributed by atoms with Gasteiger partial charge in [-0.3, -0.25) is 4.79 Å². The van der Waals surface area contributed by atoms with Crippen LogP contribution in [0.2, 0.25) is 0 Å². The molecular formula is C21H28N2O4S. The molecule has 0 aliphatic carbocycles. The van der Waals surface area contributed by atoms with E-state index in [4.69, 9.17) is 4.74 Å². The highest BCUT2D eigenvalue weighted by Crippen LogP contribution is 2.18. The first-order chi connectivity index (χ1) is 13.2. The fourth-order valence-electron chi connectivity index (χ4n) is 2.34. The average Bonchev–Trinajstić information content (AvgIpc) is 2.68. The van der Waals surface area contributed by atoms with Gasteiger partial charge in [-0.25, -0.2) is 13.1 Å². The van der Waals surface area contributed by atoms with Gasteiger partial charge in [-0.2, -0.15) is 0 Å². The summed E-state index contributed by atoms with van der Waals surface area (Å²) >= 11 is 0. The number of ether oxygens (including phenoxy) is 1. The van der Waals surface area contributed by atoms with Crippen LogP contribution in [0.4, 0.5) is 5.69 Å². The van der Waals surface area contributed by atoms with E-state index in [0.717, 1.165) is 6.42 Å². The summed E-state index contributed by atoms with van der Waals surface area (Å²) < 4.78 is 32.9. The van der Waals surface area contributed by atoms with Crippen molar-refractivity contribution in [2.45, 2.75) is 57.6 Å². The van der Waals surface area contributed by atoms with Gasteiger partial charge in [-0.1, -0.05) is 13.8 Å². The van der Waals surface area contributed by atoms with Gasteiger partial charge in [0.15, 0.2) is 0 Å². The van der Waals surface area contributed by atoms with Crippen LogP contribution in [0.15, 0.2) is 53.4 Å². The Balaban J connectivity index is 2.02. The van der Waals surface area contributed by atoms with Crippen LogP contribution < -0.4 is 14.8 Å². The fourth-order valence-corrected chi connectivity index (χ4v) is 3.66. The highest BCUT2D eigenvalue weighted by Gasteiger charge is 2.16. The molecule has 0 saturated carbocycles. The molecule has 2 aromatic carbocycles. The minimum absolute atomic E-state index is 0.115. The normalized spacial score (nSPS) is 13.6. The van der Waals surface area contributed by atoms with E-state index < -0.39 is 10.0 Å². The Morgan fingerprint density at radius 3 is 2.11 bits per heavy atom. The second-order valence-electron chi connectivity index (χ2n) is 6.77. The van der Waals surface area contributed by atoms with Crippen LogP contribution in [0.5, 0.6) is 5.75 Å². The molecule has 28 heavy (non-hydrogen) atoms. The molecule has 0 aliphatic rings. The molecule has 0 bridgehead atoms.